The number of carbonyl (C=O) groups is 2. The van der Waals surface area contributed by atoms with Crippen LogP contribution >= 0.6 is 7.82 Å². The summed E-state index contributed by atoms with van der Waals surface area (Å²) < 4.78 is 34.2. The number of rotatable bonds is 34. The van der Waals surface area contributed by atoms with Gasteiger partial charge in [-0.15, -0.1) is 0 Å². The minimum absolute atomic E-state index is 0.00767. The molecule has 0 spiro atoms. The van der Waals surface area contributed by atoms with Gasteiger partial charge in [-0.1, -0.05) is 109 Å². The number of quaternary nitrogens is 1. The van der Waals surface area contributed by atoms with Crippen LogP contribution in [0.1, 0.15) is 149 Å². The number of hydrogen-bond donors (Lipinski definition) is 4. The van der Waals surface area contributed by atoms with E-state index in [9.17, 15) is 34.4 Å². The number of nitrogens with zero attached hydrogens (tertiary/aromatic N) is 1. The number of unbranched alkanes of at least 4 members (excludes halogenated alkanes) is 12. The van der Waals surface area contributed by atoms with E-state index < -0.39 is 50.8 Å². The number of hydrogen-bond acceptors (Lipinski definition) is 10. The second-order valence-electron chi connectivity index (χ2n) is 16.3. The minimum atomic E-state index is -4.43. The van der Waals surface area contributed by atoms with Crippen LogP contribution in [-0.4, -0.2) is 109 Å². The first kappa shape index (κ1) is 51.4. The molecule has 0 aromatic carbocycles. The van der Waals surface area contributed by atoms with E-state index in [0.717, 1.165) is 83.5 Å². The summed E-state index contributed by atoms with van der Waals surface area (Å²) in [5.74, 6) is -1.24. The highest BCUT2D eigenvalue weighted by Crippen LogP contribution is 2.43. The summed E-state index contributed by atoms with van der Waals surface area (Å²) >= 11 is 0. The lowest BCUT2D eigenvalue weighted by molar-refractivity contribution is -0.870. The predicted molar refractivity (Wildman–Crippen MR) is 217 cm³/mol. The van der Waals surface area contributed by atoms with Crippen LogP contribution in [0.25, 0.3) is 0 Å². The fraction of sp³-hybridized carbons (Fsp3) is 0.857. The Morgan fingerprint density at radius 3 is 2.07 bits per heavy atom. The van der Waals surface area contributed by atoms with Crippen LogP contribution in [0, 0.1) is 11.8 Å². The summed E-state index contributed by atoms with van der Waals surface area (Å²) in [6, 6.07) is 0. The van der Waals surface area contributed by atoms with E-state index in [0.29, 0.717) is 36.7 Å². The molecule has 12 nitrogen and oxygen atoms in total. The van der Waals surface area contributed by atoms with Crippen LogP contribution < -0.4 is 0 Å². The summed E-state index contributed by atoms with van der Waals surface area (Å²) in [5.41, 5.74) is 0. The lowest BCUT2D eigenvalue weighted by Crippen LogP contribution is -2.37. The van der Waals surface area contributed by atoms with E-state index >= 15 is 0 Å². The highest BCUT2D eigenvalue weighted by atomic mass is 31.2. The van der Waals surface area contributed by atoms with Gasteiger partial charge in [-0.25, -0.2) is 4.57 Å². The molecule has 4 N–H and O–H groups in total. The molecule has 0 aromatic rings. The van der Waals surface area contributed by atoms with Crippen molar-refractivity contribution in [3.8, 4) is 0 Å². The highest BCUT2D eigenvalue weighted by molar-refractivity contribution is 7.47. The Morgan fingerprint density at radius 2 is 1.40 bits per heavy atom. The fourth-order valence-electron chi connectivity index (χ4n) is 6.62. The van der Waals surface area contributed by atoms with Gasteiger partial charge >= 0.3 is 19.8 Å². The molecule has 0 bridgehead atoms. The average molecular weight is 805 g/mol. The Hall–Kier alpha value is -1.63. The van der Waals surface area contributed by atoms with Gasteiger partial charge in [0.05, 0.1) is 46.1 Å². The third-order valence-corrected chi connectivity index (χ3v) is 11.0. The lowest BCUT2D eigenvalue weighted by Gasteiger charge is -2.24. The van der Waals surface area contributed by atoms with E-state index in [-0.39, 0.29) is 37.9 Å². The van der Waals surface area contributed by atoms with Crippen molar-refractivity contribution in [1.82, 2.24) is 0 Å². The average Bonchev–Trinajstić information content (AvgIpc) is 3.39. The van der Waals surface area contributed by atoms with Crippen molar-refractivity contribution in [1.29, 1.82) is 0 Å². The lowest BCUT2D eigenvalue weighted by atomic mass is 9.88. The number of carbonyl (C=O) groups excluding carboxylic acids is 2. The van der Waals surface area contributed by atoms with Crippen LogP contribution in [-0.2, 0) is 32.7 Å². The molecule has 1 aliphatic carbocycles. The maximum Gasteiger partial charge on any atom is 0.472 e. The summed E-state index contributed by atoms with van der Waals surface area (Å²) in [7, 11) is 1.34. The molecule has 55 heavy (non-hydrogen) atoms. The van der Waals surface area contributed by atoms with Crippen molar-refractivity contribution in [3.05, 3.63) is 24.3 Å². The van der Waals surface area contributed by atoms with Gasteiger partial charge < -0.3 is 34.2 Å². The molecule has 0 saturated heterocycles. The van der Waals surface area contributed by atoms with Crippen LogP contribution in [0.2, 0.25) is 0 Å². The monoisotopic (exact) mass is 805 g/mol. The maximum absolute atomic E-state index is 12.8. The molecule has 7 atom stereocenters. The van der Waals surface area contributed by atoms with Crippen molar-refractivity contribution in [3.63, 3.8) is 0 Å². The number of aliphatic hydroxyl groups is 3. The molecule has 1 rings (SSSR count). The van der Waals surface area contributed by atoms with Gasteiger partial charge in [0.25, 0.3) is 0 Å². The van der Waals surface area contributed by atoms with Crippen LogP contribution in [0.5, 0.6) is 0 Å². The molecule has 1 fully saturated rings. The van der Waals surface area contributed by atoms with Gasteiger partial charge in [0.15, 0.2) is 6.10 Å². The first-order valence-electron chi connectivity index (χ1n) is 21.3. The molecule has 0 aliphatic heterocycles. The Balaban J connectivity index is 2.52. The number of ether oxygens (including phenoxy) is 2. The third-order valence-electron chi connectivity index (χ3n) is 10.1. The Bertz CT molecular complexity index is 1110. The zero-order chi connectivity index (χ0) is 41.0. The molecule has 1 saturated carbocycles. The molecule has 13 heteroatoms. The van der Waals surface area contributed by atoms with Gasteiger partial charge in [-0.2, -0.15) is 0 Å². The van der Waals surface area contributed by atoms with Gasteiger partial charge in [0, 0.05) is 25.2 Å². The SMILES string of the molecule is CCCC/C=C\CCCCCCCC(=O)OC[C@H](COP(=O)(O)OCC[N+](C)(C)C)OC(=O)CCCCCC[C@@H]1[C@@H](/C=C/[C@@H](O)CCCCC)[C@H](O)C[C@@H]1O. The number of esters is 2. The molecule has 1 aliphatic rings. The summed E-state index contributed by atoms with van der Waals surface area (Å²) in [4.78, 5) is 35.5. The number of phosphoric ester groups is 1. The molecule has 0 aromatic heterocycles. The third kappa shape index (κ3) is 27.6. The fourth-order valence-corrected chi connectivity index (χ4v) is 7.36. The van der Waals surface area contributed by atoms with Gasteiger partial charge in [0.1, 0.15) is 19.8 Å². The molecule has 0 amide bonds. The molecule has 0 heterocycles. The van der Waals surface area contributed by atoms with Gasteiger partial charge in [0.2, 0.25) is 0 Å². The molecule has 0 radical (unpaired) electrons. The summed E-state index contributed by atoms with van der Waals surface area (Å²) in [6.45, 7) is 4.01. The second kappa shape index (κ2) is 30.4. The van der Waals surface area contributed by atoms with Crippen molar-refractivity contribution in [2.75, 3.05) is 47.5 Å². The summed E-state index contributed by atoms with van der Waals surface area (Å²) in [5, 5.41) is 31.4. The highest BCUT2D eigenvalue weighted by Gasteiger charge is 2.39. The largest absolute Gasteiger partial charge is 0.472 e. The van der Waals surface area contributed by atoms with Crippen LogP contribution in [0.4, 0.5) is 0 Å². The second-order valence-corrected chi connectivity index (χ2v) is 17.8. The number of phosphoric acid groups is 1. The van der Waals surface area contributed by atoms with Crippen molar-refractivity contribution < 1.29 is 57.4 Å². The van der Waals surface area contributed by atoms with Crippen molar-refractivity contribution >= 4 is 19.8 Å². The smallest absolute Gasteiger partial charge is 0.462 e. The van der Waals surface area contributed by atoms with Crippen LogP contribution in [0.3, 0.4) is 0 Å². The topological polar surface area (TPSA) is 169 Å². The number of likely N-dealkylation sites (N-methyl/N-ethyl adjacent to an activating group) is 1. The molecular weight excluding hydrogens is 725 g/mol. The maximum atomic E-state index is 12.8. The Labute approximate surface area is 333 Å². The zero-order valence-corrected chi connectivity index (χ0v) is 35.9. The predicted octanol–water partition coefficient (Wildman–Crippen LogP) is 7.95. The summed E-state index contributed by atoms with van der Waals surface area (Å²) in [6.07, 6.45) is 23.0. The van der Waals surface area contributed by atoms with Crippen molar-refractivity contribution in [2.24, 2.45) is 11.8 Å². The van der Waals surface area contributed by atoms with Gasteiger partial charge in [-0.3, -0.25) is 18.6 Å². The van der Waals surface area contributed by atoms with Crippen LogP contribution in [0.15, 0.2) is 24.3 Å². The first-order chi connectivity index (χ1) is 26.2. The standard InChI is InChI=1S/C42H78NO11P/c1-6-8-10-11-12-13-14-15-16-17-22-26-41(47)51-33-36(34-53-55(49,50)52-31-30-43(3,4)5)54-42(48)27-23-19-18-21-25-37-38(40(46)32-39(37)45)29-28-35(44)24-20-9-7-2/h11-12,28-29,35-40,44-46H,6-10,13-27,30-34H2,1-5H3/p+1/b12-11-,29-28+/t35-,36+,37+,38+,39-,40+/m0/s1. The molecule has 322 valence electrons. The van der Waals surface area contributed by atoms with E-state index in [2.05, 4.69) is 26.0 Å². The first-order valence-corrected chi connectivity index (χ1v) is 22.8. The van der Waals surface area contributed by atoms with E-state index in [4.69, 9.17) is 18.5 Å². The number of allylic oxidation sites excluding steroid dienone is 2. The number of aliphatic hydroxyl groups excluding tert-OH is 3. The Morgan fingerprint density at radius 1 is 0.782 bits per heavy atom. The zero-order valence-electron chi connectivity index (χ0n) is 35.0. The van der Waals surface area contributed by atoms with E-state index in [1.54, 1.807) is 6.08 Å². The van der Waals surface area contributed by atoms with E-state index in [1.807, 2.05) is 27.2 Å². The molecule has 1 unspecified atom stereocenters. The minimum Gasteiger partial charge on any atom is -0.462 e. The Kier molecular flexibility index (Phi) is 28.4. The quantitative estimate of drug-likeness (QED) is 0.0164. The van der Waals surface area contributed by atoms with Gasteiger partial charge in [-0.05, 0) is 50.9 Å². The molecular formula is C42H79NO11P+. The van der Waals surface area contributed by atoms with E-state index in [1.165, 1.54) is 12.8 Å². The normalized spacial score (nSPS) is 21.3. The van der Waals surface area contributed by atoms with Crippen molar-refractivity contribution in [2.45, 2.75) is 173 Å².